The number of benzene rings is 1. The predicted octanol–water partition coefficient (Wildman–Crippen LogP) is 2.33. The van der Waals surface area contributed by atoms with Crippen molar-refractivity contribution in [1.82, 2.24) is 15.1 Å². The monoisotopic (exact) mass is 335 g/mol. The van der Waals surface area contributed by atoms with Crippen LogP contribution in [0.3, 0.4) is 0 Å². The molecule has 1 aromatic carbocycles. The molecule has 1 saturated heterocycles. The van der Waals surface area contributed by atoms with E-state index in [1.165, 1.54) is 5.56 Å². The molecule has 1 fully saturated rings. The van der Waals surface area contributed by atoms with Crippen LogP contribution in [-0.2, 0) is 6.54 Å². The summed E-state index contributed by atoms with van der Waals surface area (Å²) in [4.78, 5) is 16.4. The average Bonchev–Trinajstić information content (AvgIpc) is 2.53. The van der Waals surface area contributed by atoms with E-state index in [-0.39, 0.29) is 11.6 Å². The van der Waals surface area contributed by atoms with Crippen LogP contribution >= 0.6 is 0 Å². The van der Waals surface area contributed by atoms with E-state index in [1.54, 1.807) is 14.2 Å². The molecule has 0 unspecified atom stereocenters. The molecule has 0 aromatic heterocycles. The number of amides is 2. The second-order valence-corrected chi connectivity index (χ2v) is 7.13. The molecular formula is C18H29N3O3. The first-order valence-electron chi connectivity index (χ1n) is 8.33. The molecule has 0 spiro atoms. The lowest BCUT2D eigenvalue weighted by Gasteiger charge is -2.36. The van der Waals surface area contributed by atoms with E-state index in [9.17, 15) is 4.79 Å². The van der Waals surface area contributed by atoms with Gasteiger partial charge in [-0.25, -0.2) is 4.79 Å². The quantitative estimate of drug-likeness (QED) is 0.917. The van der Waals surface area contributed by atoms with Crippen molar-refractivity contribution in [2.75, 3.05) is 40.4 Å². The van der Waals surface area contributed by atoms with Crippen LogP contribution in [0.5, 0.6) is 11.5 Å². The van der Waals surface area contributed by atoms with Crippen LogP contribution in [0, 0.1) is 0 Å². The maximum atomic E-state index is 12.2. The van der Waals surface area contributed by atoms with Crippen molar-refractivity contribution in [1.29, 1.82) is 0 Å². The summed E-state index contributed by atoms with van der Waals surface area (Å²) in [6.07, 6.45) is 0. The lowest BCUT2D eigenvalue weighted by molar-refractivity contribution is 0.131. The molecule has 1 heterocycles. The van der Waals surface area contributed by atoms with Gasteiger partial charge >= 0.3 is 6.03 Å². The fourth-order valence-electron chi connectivity index (χ4n) is 2.75. The summed E-state index contributed by atoms with van der Waals surface area (Å²) in [5.74, 6) is 1.49. The van der Waals surface area contributed by atoms with Gasteiger partial charge in [-0.05, 0) is 38.5 Å². The van der Waals surface area contributed by atoms with Gasteiger partial charge in [0.05, 0.1) is 14.2 Å². The Balaban J connectivity index is 1.88. The van der Waals surface area contributed by atoms with Crippen molar-refractivity contribution >= 4 is 6.03 Å². The van der Waals surface area contributed by atoms with E-state index in [0.29, 0.717) is 0 Å². The number of carbonyl (C=O) groups is 1. The largest absolute Gasteiger partial charge is 0.493 e. The molecule has 2 rings (SSSR count). The molecule has 0 saturated carbocycles. The maximum absolute atomic E-state index is 12.2. The third kappa shape index (κ3) is 5.03. The van der Waals surface area contributed by atoms with E-state index < -0.39 is 0 Å². The number of rotatable bonds is 4. The van der Waals surface area contributed by atoms with Gasteiger partial charge in [0, 0.05) is 38.3 Å². The Morgan fingerprint density at radius 1 is 1.08 bits per heavy atom. The highest BCUT2D eigenvalue weighted by molar-refractivity contribution is 5.75. The third-order valence-electron chi connectivity index (χ3n) is 4.00. The number of methoxy groups -OCH3 is 2. The maximum Gasteiger partial charge on any atom is 0.317 e. The molecule has 1 N–H and O–H groups in total. The minimum absolute atomic E-state index is 0.0215. The molecule has 0 bridgehead atoms. The van der Waals surface area contributed by atoms with E-state index in [0.717, 1.165) is 44.2 Å². The van der Waals surface area contributed by atoms with Crippen LogP contribution in [0.4, 0.5) is 4.79 Å². The van der Waals surface area contributed by atoms with Crippen molar-refractivity contribution in [3.8, 4) is 11.5 Å². The van der Waals surface area contributed by atoms with E-state index in [4.69, 9.17) is 9.47 Å². The van der Waals surface area contributed by atoms with Gasteiger partial charge in [-0.1, -0.05) is 6.07 Å². The smallest absolute Gasteiger partial charge is 0.317 e. The summed E-state index contributed by atoms with van der Waals surface area (Å²) in [5.41, 5.74) is 0.980. The van der Waals surface area contributed by atoms with E-state index in [1.807, 2.05) is 37.8 Å². The molecule has 0 atom stereocenters. The molecule has 1 aliphatic heterocycles. The van der Waals surface area contributed by atoms with Gasteiger partial charge in [0.25, 0.3) is 0 Å². The summed E-state index contributed by atoms with van der Waals surface area (Å²) < 4.78 is 10.6. The van der Waals surface area contributed by atoms with Gasteiger partial charge in [-0.3, -0.25) is 4.90 Å². The Morgan fingerprint density at radius 2 is 1.71 bits per heavy atom. The van der Waals surface area contributed by atoms with Gasteiger partial charge in [0.2, 0.25) is 0 Å². The molecule has 0 radical (unpaired) electrons. The molecule has 0 aliphatic carbocycles. The Kier molecular flexibility index (Phi) is 5.94. The first-order valence-corrected chi connectivity index (χ1v) is 8.33. The SMILES string of the molecule is COc1ccc(CN2CCN(C(=O)NC(C)(C)C)CC2)cc1OC. The van der Waals surface area contributed by atoms with Crippen LogP contribution in [0.15, 0.2) is 18.2 Å². The zero-order valence-electron chi connectivity index (χ0n) is 15.4. The number of nitrogens with zero attached hydrogens (tertiary/aromatic N) is 2. The summed E-state index contributed by atoms with van der Waals surface area (Å²) >= 11 is 0. The number of hydrogen-bond acceptors (Lipinski definition) is 4. The lowest BCUT2D eigenvalue weighted by atomic mass is 10.1. The highest BCUT2D eigenvalue weighted by Crippen LogP contribution is 2.28. The number of carbonyl (C=O) groups excluding carboxylic acids is 1. The van der Waals surface area contributed by atoms with Crippen molar-refractivity contribution < 1.29 is 14.3 Å². The number of urea groups is 1. The highest BCUT2D eigenvalue weighted by atomic mass is 16.5. The van der Waals surface area contributed by atoms with E-state index >= 15 is 0 Å². The fourth-order valence-corrected chi connectivity index (χ4v) is 2.75. The second kappa shape index (κ2) is 7.75. The molecule has 6 heteroatoms. The molecule has 1 aliphatic rings. The zero-order chi connectivity index (χ0) is 17.7. The van der Waals surface area contributed by atoms with Crippen molar-refractivity contribution in [3.05, 3.63) is 23.8 Å². The Morgan fingerprint density at radius 3 is 2.25 bits per heavy atom. The van der Waals surface area contributed by atoms with E-state index in [2.05, 4.69) is 16.3 Å². The molecule has 6 nitrogen and oxygen atoms in total. The summed E-state index contributed by atoms with van der Waals surface area (Å²) in [7, 11) is 3.29. The molecular weight excluding hydrogens is 306 g/mol. The summed E-state index contributed by atoms with van der Waals surface area (Å²) in [6.45, 7) is 10.1. The lowest BCUT2D eigenvalue weighted by Crippen LogP contribution is -2.54. The van der Waals surface area contributed by atoms with Crippen LogP contribution in [0.2, 0.25) is 0 Å². The van der Waals surface area contributed by atoms with Crippen LogP contribution in [0.25, 0.3) is 0 Å². The minimum atomic E-state index is -0.201. The Labute approximate surface area is 144 Å². The van der Waals surface area contributed by atoms with Gasteiger partial charge in [-0.15, -0.1) is 0 Å². The van der Waals surface area contributed by atoms with Gasteiger partial charge < -0.3 is 19.7 Å². The predicted molar refractivity (Wildman–Crippen MR) is 94.7 cm³/mol. The number of ether oxygens (including phenoxy) is 2. The Bertz CT molecular complexity index is 561. The number of piperazine rings is 1. The van der Waals surface area contributed by atoms with Crippen LogP contribution in [-0.4, -0.2) is 61.8 Å². The summed E-state index contributed by atoms with van der Waals surface area (Å²) in [5, 5.41) is 3.02. The Hall–Kier alpha value is -1.95. The molecule has 134 valence electrons. The molecule has 2 amide bonds. The summed E-state index contributed by atoms with van der Waals surface area (Å²) in [6, 6.07) is 6.02. The zero-order valence-corrected chi connectivity index (χ0v) is 15.4. The highest BCUT2D eigenvalue weighted by Gasteiger charge is 2.24. The first-order chi connectivity index (χ1) is 11.3. The van der Waals surface area contributed by atoms with Crippen molar-refractivity contribution in [3.63, 3.8) is 0 Å². The second-order valence-electron chi connectivity index (χ2n) is 7.13. The standard InChI is InChI=1S/C18H29N3O3/c1-18(2,3)19-17(22)21-10-8-20(9-11-21)13-14-6-7-15(23-4)16(12-14)24-5/h6-7,12H,8-11,13H2,1-5H3,(H,19,22). The average molecular weight is 335 g/mol. The topological polar surface area (TPSA) is 54.0 Å². The van der Waals surface area contributed by atoms with Crippen LogP contribution in [0.1, 0.15) is 26.3 Å². The first kappa shape index (κ1) is 18.4. The normalized spacial score (nSPS) is 16.0. The van der Waals surface area contributed by atoms with Gasteiger partial charge in [0.1, 0.15) is 0 Å². The van der Waals surface area contributed by atoms with Gasteiger partial charge in [0.15, 0.2) is 11.5 Å². The number of hydrogen-bond donors (Lipinski definition) is 1. The van der Waals surface area contributed by atoms with Crippen LogP contribution < -0.4 is 14.8 Å². The molecule has 1 aromatic rings. The van der Waals surface area contributed by atoms with Crippen molar-refractivity contribution in [2.45, 2.75) is 32.9 Å². The third-order valence-corrected chi connectivity index (χ3v) is 4.00. The number of nitrogens with one attached hydrogen (secondary N) is 1. The van der Waals surface area contributed by atoms with Gasteiger partial charge in [-0.2, -0.15) is 0 Å². The molecule has 24 heavy (non-hydrogen) atoms. The fraction of sp³-hybridized carbons (Fsp3) is 0.611. The van der Waals surface area contributed by atoms with Crippen molar-refractivity contribution in [2.24, 2.45) is 0 Å². The minimum Gasteiger partial charge on any atom is -0.493 e.